The second-order valence-corrected chi connectivity index (χ2v) is 6.73. The number of benzene rings is 2. The summed E-state index contributed by atoms with van der Waals surface area (Å²) in [5.41, 5.74) is 4.74. The number of carbonyl (C=O) groups is 2. The van der Waals surface area contributed by atoms with Gasteiger partial charge in [0.15, 0.2) is 0 Å². The number of hydrogen-bond acceptors (Lipinski definition) is 3. The summed E-state index contributed by atoms with van der Waals surface area (Å²) in [5.74, 6) is -0.686. The van der Waals surface area contributed by atoms with E-state index in [4.69, 9.17) is 0 Å². The summed E-state index contributed by atoms with van der Waals surface area (Å²) in [7, 11) is 0. The van der Waals surface area contributed by atoms with Crippen molar-refractivity contribution in [2.45, 2.75) is 26.3 Å². The van der Waals surface area contributed by atoms with Crippen molar-refractivity contribution in [1.82, 2.24) is 10.3 Å². The zero-order valence-corrected chi connectivity index (χ0v) is 16.0. The van der Waals surface area contributed by atoms with E-state index in [2.05, 4.69) is 15.6 Å². The molecule has 1 heterocycles. The van der Waals surface area contributed by atoms with Crippen molar-refractivity contribution >= 4 is 17.5 Å². The third-order valence-corrected chi connectivity index (χ3v) is 4.50. The van der Waals surface area contributed by atoms with Crippen LogP contribution in [0.4, 0.5) is 5.69 Å². The number of rotatable bonds is 6. The number of pyridine rings is 1. The van der Waals surface area contributed by atoms with Crippen LogP contribution in [-0.2, 0) is 9.59 Å². The first-order valence-corrected chi connectivity index (χ1v) is 9.14. The largest absolute Gasteiger partial charge is 0.345 e. The highest BCUT2D eigenvalue weighted by atomic mass is 16.2. The minimum absolute atomic E-state index is 0.249. The van der Waals surface area contributed by atoms with Crippen molar-refractivity contribution in [3.8, 4) is 0 Å². The van der Waals surface area contributed by atoms with Crippen molar-refractivity contribution in [3.63, 3.8) is 0 Å². The third kappa shape index (κ3) is 5.04. The first-order valence-electron chi connectivity index (χ1n) is 9.14. The molecule has 0 unspecified atom stereocenters. The van der Waals surface area contributed by atoms with Gasteiger partial charge < -0.3 is 10.6 Å². The lowest BCUT2D eigenvalue weighted by molar-refractivity contribution is -0.127. The molecule has 5 nitrogen and oxygen atoms in total. The SMILES string of the molecule is Cc1ccc(NC(=O)CC(=O)N[C@@H](c2ccncc2)c2ccccc2C)cc1. The summed E-state index contributed by atoms with van der Waals surface area (Å²) in [4.78, 5) is 28.9. The Morgan fingerprint density at radius 1 is 0.893 bits per heavy atom. The van der Waals surface area contributed by atoms with Crippen LogP contribution in [0, 0.1) is 13.8 Å². The number of amides is 2. The molecule has 3 aromatic rings. The standard InChI is InChI=1S/C23H23N3O2/c1-16-7-9-19(10-8-16)25-21(27)15-22(28)26-23(18-11-13-24-14-12-18)20-6-4-3-5-17(20)2/h3-14,23H,15H2,1-2H3,(H,25,27)(H,26,28)/t23-/m0/s1. The van der Waals surface area contributed by atoms with E-state index < -0.39 is 0 Å². The molecule has 1 atom stereocenters. The Morgan fingerprint density at radius 3 is 2.25 bits per heavy atom. The van der Waals surface area contributed by atoms with E-state index in [1.165, 1.54) is 0 Å². The van der Waals surface area contributed by atoms with Gasteiger partial charge in [0.1, 0.15) is 6.42 Å². The third-order valence-electron chi connectivity index (χ3n) is 4.50. The van der Waals surface area contributed by atoms with Gasteiger partial charge in [-0.05, 0) is 54.8 Å². The summed E-state index contributed by atoms with van der Waals surface area (Å²) in [6, 6.07) is 18.7. The lowest BCUT2D eigenvalue weighted by Gasteiger charge is -2.21. The summed E-state index contributed by atoms with van der Waals surface area (Å²) in [6.45, 7) is 3.98. The van der Waals surface area contributed by atoms with E-state index in [9.17, 15) is 9.59 Å². The molecular weight excluding hydrogens is 350 g/mol. The molecule has 0 aliphatic carbocycles. The van der Waals surface area contributed by atoms with E-state index in [1.807, 2.05) is 74.5 Å². The molecule has 0 bridgehead atoms. The first-order chi connectivity index (χ1) is 13.5. The molecule has 2 aromatic carbocycles. The average Bonchev–Trinajstić information content (AvgIpc) is 2.69. The van der Waals surface area contributed by atoms with E-state index in [0.717, 1.165) is 22.3 Å². The Kier molecular flexibility index (Phi) is 6.17. The molecule has 0 spiro atoms. The van der Waals surface area contributed by atoms with Crippen LogP contribution in [-0.4, -0.2) is 16.8 Å². The van der Waals surface area contributed by atoms with Crippen LogP contribution < -0.4 is 10.6 Å². The topological polar surface area (TPSA) is 71.1 Å². The minimum atomic E-state index is -0.348. The molecule has 2 N–H and O–H groups in total. The zero-order valence-electron chi connectivity index (χ0n) is 16.0. The fourth-order valence-corrected chi connectivity index (χ4v) is 3.01. The molecule has 3 rings (SSSR count). The van der Waals surface area contributed by atoms with Gasteiger partial charge in [0.25, 0.3) is 0 Å². The Morgan fingerprint density at radius 2 is 1.57 bits per heavy atom. The van der Waals surface area contributed by atoms with Crippen molar-refractivity contribution < 1.29 is 9.59 Å². The predicted octanol–water partition coefficient (Wildman–Crippen LogP) is 3.93. The average molecular weight is 373 g/mol. The van der Waals surface area contributed by atoms with Gasteiger partial charge in [0.2, 0.25) is 11.8 Å². The minimum Gasteiger partial charge on any atom is -0.345 e. The molecule has 2 amide bonds. The molecule has 142 valence electrons. The molecule has 0 aliphatic heterocycles. The number of anilines is 1. The summed E-state index contributed by atoms with van der Waals surface area (Å²) < 4.78 is 0. The monoisotopic (exact) mass is 373 g/mol. The van der Waals surface area contributed by atoms with Gasteiger partial charge in [0, 0.05) is 18.1 Å². The Hall–Kier alpha value is -3.47. The van der Waals surface area contributed by atoms with Gasteiger partial charge in [-0.1, -0.05) is 42.0 Å². The maximum atomic E-state index is 12.6. The lowest BCUT2D eigenvalue weighted by Crippen LogP contribution is -2.32. The number of carbonyl (C=O) groups excluding carboxylic acids is 2. The van der Waals surface area contributed by atoms with E-state index in [1.54, 1.807) is 12.4 Å². The molecule has 1 aromatic heterocycles. The predicted molar refractivity (Wildman–Crippen MR) is 110 cm³/mol. The van der Waals surface area contributed by atoms with Gasteiger partial charge in [-0.3, -0.25) is 14.6 Å². The molecule has 0 saturated heterocycles. The van der Waals surface area contributed by atoms with Gasteiger partial charge in [-0.2, -0.15) is 0 Å². The quantitative estimate of drug-likeness (QED) is 0.643. The highest BCUT2D eigenvalue weighted by Gasteiger charge is 2.20. The smallest absolute Gasteiger partial charge is 0.233 e. The van der Waals surface area contributed by atoms with Crippen LogP contribution in [0.25, 0.3) is 0 Å². The van der Waals surface area contributed by atoms with E-state index >= 15 is 0 Å². The molecular formula is C23H23N3O2. The molecule has 0 saturated carbocycles. The molecule has 5 heteroatoms. The maximum absolute atomic E-state index is 12.6. The number of nitrogens with one attached hydrogen (secondary N) is 2. The van der Waals surface area contributed by atoms with Gasteiger partial charge in [-0.25, -0.2) is 0 Å². The normalized spacial score (nSPS) is 11.5. The van der Waals surface area contributed by atoms with Crippen molar-refractivity contribution in [1.29, 1.82) is 0 Å². The van der Waals surface area contributed by atoms with Gasteiger partial charge in [-0.15, -0.1) is 0 Å². The number of nitrogens with zero attached hydrogens (tertiary/aromatic N) is 1. The second kappa shape index (κ2) is 8.95. The summed E-state index contributed by atoms with van der Waals surface area (Å²) >= 11 is 0. The Balaban J connectivity index is 1.72. The Bertz CT molecular complexity index is 953. The molecule has 0 fully saturated rings. The fraction of sp³-hybridized carbons (Fsp3) is 0.174. The van der Waals surface area contributed by atoms with Crippen molar-refractivity contribution in [3.05, 3.63) is 95.3 Å². The second-order valence-electron chi connectivity index (χ2n) is 6.73. The highest BCUT2D eigenvalue weighted by molar-refractivity contribution is 6.03. The number of aromatic nitrogens is 1. The molecule has 0 radical (unpaired) electrons. The van der Waals surface area contributed by atoms with Gasteiger partial charge >= 0.3 is 0 Å². The first kappa shape index (κ1) is 19.3. The number of aryl methyl sites for hydroxylation is 2. The van der Waals surface area contributed by atoms with Crippen LogP contribution in [0.1, 0.15) is 34.7 Å². The fourth-order valence-electron chi connectivity index (χ4n) is 3.01. The van der Waals surface area contributed by atoms with Crippen LogP contribution >= 0.6 is 0 Å². The highest BCUT2D eigenvalue weighted by Crippen LogP contribution is 2.24. The van der Waals surface area contributed by atoms with Crippen LogP contribution in [0.5, 0.6) is 0 Å². The zero-order chi connectivity index (χ0) is 19.9. The molecule has 28 heavy (non-hydrogen) atoms. The number of hydrogen-bond donors (Lipinski definition) is 2. The van der Waals surface area contributed by atoms with Crippen molar-refractivity contribution in [2.24, 2.45) is 0 Å². The van der Waals surface area contributed by atoms with Crippen LogP contribution in [0.15, 0.2) is 73.1 Å². The van der Waals surface area contributed by atoms with Crippen LogP contribution in [0.3, 0.4) is 0 Å². The van der Waals surface area contributed by atoms with Gasteiger partial charge in [0.05, 0.1) is 6.04 Å². The maximum Gasteiger partial charge on any atom is 0.233 e. The van der Waals surface area contributed by atoms with Crippen LogP contribution in [0.2, 0.25) is 0 Å². The summed E-state index contributed by atoms with van der Waals surface area (Å²) in [5, 5.41) is 5.74. The van der Waals surface area contributed by atoms with E-state index in [-0.39, 0.29) is 24.3 Å². The Labute approximate surface area is 164 Å². The summed E-state index contributed by atoms with van der Waals surface area (Å²) in [6.07, 6.45) is 3.13. The van der Waals surface area contributed by atoms with E-state index in [0.29, 0.717) is 5.69 Å². The molecule has 0 aliphatic rings. The lowest BCUT2D eigenvalue weighted by atomic mass is 9.95. The van der Waals surface area contributed by atoms with Crippen molar-refractivity contribution in [2.75, 3.05) is 5.32 Å².